The summed E-state index contributed by atoms with van der Waals surface area (Å²) in [6.07, 6.45) is 0.682. The van der Waals surface area contributed by atoms with Crippen molar-refractivity contribution in [3.63, 3.8) is 0 Å². The Labute approximate surface area is 132 Å². The van der Waals surface area contributed by atoms with Gasteiger partial charge >= 0.3 is 7.82 Å². The lowest BCUT2D eigenvalue weighted by Gasteiger charge is -2.26. The van der Waals surface area contributed by atoms with Gasteiger partial charge in [-0.15, -0.1) is 0 Å². The molecule has 1 heterocycles. The second kappa shape index (κ2) is 8.34. The SMILES string of the molecule is B[C@@H]1O[C@H](COC(C)C)[C@@H](OP(=O)(O)OC(C)C)C1SC. The Bertz CT molecular complexity index is 370. The highest BCUT2D eigenvalue weighted by atomic mass is 32.2. The van der Waals surface area contributed by atoms with Gasteiger partial charge in [0.05, 0.1) is 24.1 Å². The minimum Gasteiger partial charge on any atom is -0.378 e. The van der Waals surface area contributed by atoms with E-state index >= 15 is 0 Å². The van der Waals surface area contributed by atoms with E-state index in [0.717, 1.165) is 0 Å². The number of thioether (sulfide) groups is 1. The normalized spacial score (nSPS) is 32.8. The summed E-state index contributed by atoms with van der Waals surface area (Å²) in [4.78, 5) is 9.85. The zero-order chi connectivity index (χ0) is 16.2. The first kappa shape index (κ1) is 19.5. The number of hydrogen-bond donors (Lipinski definition) is 1. The van der Waals surface area contributed by atoms with E-state index in [2.05, 4.69) is 0 Å². The van der Waals surface area contributed by atoms with E-state index in [-0.39, 0.29) is 23.5 Å². The fourth-order valence-electron chi connectivity index (χ4n) is 2.23. The molecule has 0 aromatic carbocycles. The van der Waals surface area contributed by atoms with Gasteiger partial charge in [-0.3, -0.25) is 9.05 Å². The highest BCUT2D eigenvalue weighted by molar-refractivity contribution is 7.99. The van der Waals surface area contributed by atoms with Crippen molar-refractivity contribution in [3.05, 3.63) is 0 Å². The molecule has 0 aromatic rings. The number of hydrogen-bond acceptors (Lipinski definition) is 6. The van der Waals surface area contributed by atoms with E-state index < -0.39 is 20.0 Å². The molecule has 1 aliphatic heterocycles. The minimum absolute atomic E-state index is 0.0398. The van der Waals surface area contributed by atoms with Gasteiger partial charge in [-0.1, -0.05) is 0 Å². The van der Waals surface area contributed by atoms with Crippen LogP contribution in [0.5, 0.6) is 0 Å². The third-order valence-electron chi connectivity index (χ3n) is 3.01. The first-order valence-corrected chi connectivity index (χ1v) is 9.94. The average molecular weight is 340 g/mol. The summed E-state index contributed by atoms with van der Waals surface area (Å²) in [7, 11) is -2.18. The molecule has 0 bridgehead atoms. The molecule has 5 atom stereocenters. The number of phosphoric acid groups is 1. The summed E-state index contributed by atoms with van der Waals surface area (Å²) in [5, 5.41) is -0.0398. The Kier molecular flexibility index (Phi) is 7.74. The monoisotopic (exact) mass is 340 g/mol. The molecule has 21 heavy (non-hydrogen) atoms. The van der Waals surface area contributed by atoms with Crippen LogP contribution in [0.3, 0.4) is 0 Å². The molecule has 9 heteroatoms. The molecular weight excluding hydrogens is 314 g/mol. The van der Waals surface area contributed by atoms with E-state index in [1.165, 1.54) is 0 Å². The number of phosphoric ester groups is 1. The van der Waals surface area contributed by atoms with Crippen LogP contribution >= 0.6 is 19.6 Å². The third-order valence-corrected chi connectivity index (χ3v) is 5.40. The molecule has 0 aliphatic carbocycles. The van der Waals surface area contributed by atoms with Crippen LogP contribution in [0.2, 0.25) is 0 Å². The Balaban J connectivity index is 2.77. The molecular formula is C12H26BO6PS. The van der Waals surface area contributed by atoms with Crippen molar-refractivity contribution in [1.29, 1.82) is 0 Å². The van der Waals surface area contributed by atoms with Crippen molar-refractivity contribution < 1.29 is 28.0 Å². The van der Waals surface area contributed by atoms with Crippen LogP contribution in [0.25, 0.3) is 0 Å². The lowest BCUT2D eigenvalue weighted by Crippen LogP contribution is -2.35. The van der Waals surface area contributed by atoms with Crippen LogP contribution in [-0.4, -0.2) is 61.3 Å². The van der Waals surface area contributed by atoms with Gasteiger partial charge in [0, 0.05) is 6.00 Å². The first-order valence-electron chi connectivity index (χ1n) is 7.15. The Hall–Kier alpha value is 0.445. The van der Waals surface area contributed by atoms with E-state index in [1.54, 1.807) is 25.6 Å². The lowest BCUT2D eigenvalue weighted by atomic mass is 9.95. The summed E-state index contributed by atoms with van der Waals surface area (Å²) >= 11 is 1.55. The maximum atomic E-state index is 12.0. The molecule has 1 aliphatic rings. The van der Waals surface area contributed by atoms with Crippen molar-refractivity contribution in [2.24, 2.45) is 0 Å². The summed E-state index contributed by atoms with van der Waals surface area (Å²) in [5.74, 6) is 0. The highest BCUT2D eigenvalue weighted by Crippen LogP contribution is 2.49. The summed E-state index contributed by atoms with van der Waals surface area (Å²) < 4.78 is 33.8. The fraction of sp³-hybridized carbons (Fsp3) is 1.00. The highest BCUT2D eigenvalue weighted by Gasteiger charge is 2.46. The number of ether oxygens (including phenoxy) is 2. The Morgan fingerprint density at radius 3 is 2.43 bits per heavy atom. The van der Waals surface area contributed by atoms with Gasteiger partial charge in [-0.2, -0.15) is 11.8 Å². The van der Waals surface area contributed by atoms with Crippen LogP contribution in [0.4, 0.5) is 0 Å². The predicted octanol–water partition coefficient (Wildman–Crippen LogP) is 1.41. The number of rotatable bonds is 8. The fourth-order valence-corrected chi connectivity index (χ4v) is 4.42. The maximum Gasteiger partial charge on any atom is 0.472 e. The van der Waals surface area contributed by atoms with Gasteiger partial charge in [0.15, 0.2) is 0 Å². The van der Waals surface area contributed by atoms with Gasteiger partial charge < -0.3 is 14.4 Å². The zero-order valence-corrected chi connectivity index (χ0v) is 15.2. The van der Waals surface area contributed by atoms with Gasteiger partial charge in [0.25, 0.3) is 0 Å². The van der Waals surface area contributed by atoms with Crippen LogP contribution in [0.15, 0.2) is 0 Å². The van der Waals surface area contributed by atoms with Crippen LogP contribution < -0.4 is 0 Å². The summed E-state index contributed by atoms with van der Waals surface area (Å²) in [6, 6.07) is -0.0789. The van der Waals surface area contributed by atoms with Gasteiger partial charge in [-0.25, -0.2) is 4.57 Å². The molecule has 0 spiro atoms. The molecule has 6 nitrogen and oxygen atoms in total. The van der Waals surface area contributed by atoms with Crippen molar-refractivity contribution in [3.8, 4) is 0 Å². The molecule has 1 saturated heterocycles. The van der Waals surface area contributed by atoms with Crippen LogP contribution in [0, 0.1) is 0 Å². The smallest absolute Gasteiger partial charge is 0.378 e. The average Bonchev–Trinajstić information content (AvgIpc) is 2.59. The Morgan fingerprint density at radius 1 is 1.33 bits per heavy atom. The molecule has 0 radical (unpaired) electrons. The quantitative estimate of drug-likeness (QED) is 0.529. The van der Waals surface area contributed by atoms with Crippen molar-refractivity contribution >= 4 is 27.4 Å². The van der Waals surface area contributed by atoms with Gasteiger partial charge in [0.2, 0.25) is 0 Å². The van der Waals surface area contributed by atoms with Crippen molar-refractivity contribution in [2.45, 2.75) is 63.4 Å². The van der Waals surface area contributed by atoms with Crippen molar-refractivity contribution in [1.82, 2.24) is 0 Å². The second-order valence-corrected chi connectivity index (χ2v) is 8.03. The molecule has 0 saturated carbocycles. The van der Waals surface area contributed by atoms with E-state index in [1.807, 2.05) is 27.9 Å². The Morgan fingerprint density at radius 2 is 1.95 bits per heavy atom. The molecule has 2 unspecified atom stereocenters. The van der Waals surface area contributed by atoms with E-state index in [4.69, 9.17) is 18.5 Å². The van der Waals surface area contributed by atoms with Crippen LogP contribution in [0.1, 0.15) is 27.7 Å². The molecule has 124 valence electrons. The standard InChI is InChI=1S/C12H26BO6PS/c1-7(2)16-6-9-10(11(21-5)12(13)17-9)19-20(14,15)18-8(3)4/h7-12H,6,13H2,1-5H3,(H,14,15)/t9-,10-,11?,12-/m1/s1. The summed E-state index contributed by atoms with van der Waals surface area (Å²) in [5.41, 5.74) is 0. The topological polar surface area (TPSA) is 74.2 Å². The maximum absolute atomic E-state index is 12.0. The van der Waals surface area contributed by atoms with Crippen LogP contribution in [-0.2, 0) is 23.1 Å². The first-order chi connectivity index (χ1) is 9.66. The zero-order valence-electron chi connectivity index (χ0n) is 13.5. The largest absolute Gasteiger partial charge is 0.472 e. The van der Waals surface area contributed by atoms with Gasteiger partial charge in [-0.05, 0) is 34.0 Å². The molecule has 0 aromatic heterocycles. The molecule has 0 amide bonds. The summed E-state index contributed by atoms with van der Waals surface area (Å²) in [6.45, 7) is 7.56. The minimum atomic E-state index is -4.11. The predicted molar refractivity (Wildman–Crippen MR) is 86.5 cm³/mol. The second-order valence-electron chi connectivity index (χ2n) is 5.65. The third kappa shape index (κ3) is 6.22. The lowest BCUT2D eigenvalue weighted by molar-refractivity contribution is -0.0481. The molecule has 1 fully saturated rings. The molecule has 1 rings (SSSR count). The molecule has 1 N–H and O–H groups in total. The van der Waals surface area contributed by atoms with E-state index in [9.17, 15) is 9.46 Å². The van der Waals surface area contributed by atoms with Gasteiger partial charge in [0.1, 0.15) is 20.1 Å². The van der Waals surface area contributed by atoms with Crippen molar-refractivity contribution in [2.75, 3.05) is 12.9 Å². The van der Waals surface area contributed by atoms with E-state index in [0.29, 0.717) is 6.61 Å².